The average Bonchev–Trinajstić information content (AvgIpc) is 3.01. The highest BCUT2D eigenvalue weighted by Gasteiger charge is 2.20. The maximum Gasteiger partial charge on any atom is 0.263 e. The van der Waals surface area contributed by atoms with E-state index >= 15 is 0 Å². The van der Waals surface area contributed by atoms with Gasteiger partial charge in [0, 0.05) is 12.8 Å². The molecular formula is C14H14N4O2S. The van der Waals surface area contributed by atoms with Gasteiger partial charge in [-0.15, -0.1) is 0 Å². The second kappa shape index (κ2) is 6.24. The van der Waals surface area contributed by atoms with Gasteiger partial charge in [0.15, 0.2) is 10.8 Å². The first kappa shape index (κ1) is 14.0. The van der Waals surface area contributed by atoms with Gasteiger partial charge < -0.3 is 4.74 Å². The van der Waals surface area contributed by atoms with Crippen LogP contribution in [-0.2, 0) is 11.3 Å². The van der Waals surface area contributed by atoms with Gasteiger partial charge in [-0.2, -0.15) is 5.26 Å². The topological polar surface area (TPSA) is 80.8 Å². The standard InChI is InChI=1S/C14H14N4O2S/c15-5-8-21-14-17-12-11(4-1-6-16-12)13(19)18(14)9-10-3-2-7-20-10/h1,4,6,10H,2-3,7-9H2. The SMILES string of the molecule is N#CCSc1nc2ncccc2c(=O)n1CC1CCCO1. The number of nitrogens with zero attached hydrogens (tertiary/aromatic N) is 4. The molecule has 3 rings (SSSR count). The highest BCUT2D eigenvalue weighted by atomic mass is 32.2. The van der Waals surface area contributed by atoms with Crippen molar-refractivity contribution in [2.45, 2.75) is 30.6 Å². The summed E-state index contributed by atoms with van der Waals surface area (Å²) in [6, 6.07) is 5.51. The predicted octanol–water partition coefficient (Wildman–Crippen LogP) is 1.59. The first-order valence-corrected chi connectivity index (χ1v) is 7.75. The Hall–Kier alpha value is -1.91. The smallest absolute Gasteiger partial charge is 0.263 e. The van der Waals surface area contributed by atoms with Crippen molar-refractivity contribution in [2.24, 2.45) is 0 Å². The van der Waals surface area contributed by atoms with E-state index in [1.54, 1.807) is 22.9 Å². The molecule has 1 atom stereocenters. The zero-order chi connectivity index (χ0) is 14.7. The van der Waals surface area contributed by atoms with Gasteiger partial charge in [0.2, 0.25) is 0 Å². The molecular weight excluding hydrogens is 288 g/mol. The molecule has 3 heterocycles. The van der Waals surface area contributed by atoms with E-state index in [-0.39, 0.29) is 17.4 Å². The van der Waals surface area contributed by atoms with Crippen molar-refractivity contribution in [2.75, 3.05) is 12.4 Å². The van der Waals surface area contributed by atoms with Gasteiger partial charge in [0.05, 0.1) is 29.9 Å². The molecule has 108 valence electrons. The third kappa shape index (κ3) is 2.91. The van der Waals surface area contributed by atoms with Crippen molar-refractivity contribution in [1.29, 1.82) is 5.26 Å². The lowest BCUT2D eigenvalue weighted by Crippen LogP contribution is -2.29. The normalized spacial score (nSPS) is 18.0. The lowest BCUT2D eigenvalue weighted by molar-refractivity contribution is 0.0937. The Morgan fingerprint density at radius 2 is 2.48 bits per heavy atom. The van der Waals surface area contributed by atoms with E-state index in [2.05, 4.69) is 16.0 Å². The third-order valence-electron chi connectivity index (χ3n) is 3.37. The molecule has 0 bridgehead atoms. The number of pyridine rings is 1. The molecule has 1 unspecified atom stereocenters. The number of hydrogen-bond donors (Lipinski definition) is 0. The third-order valence-corrected chi connectivity index (χ3v) is 4.21. The fourth-order valence-electron chi connectivity index (χ4n) is 2.40. The van der Waals surface area contributed by atoms with E-state index in [1.807, 2.05) is 0 Å². The van der Waals surface area contributed by atoms with E-state index in [0.29, 0.717) is 22.7 Å². The molecule has 0 spiro atoms. The van der Waals surface area contributed by atoms with Crippen molar-refractivity contribution in [1.82, 2.24) is 14.5 Å². The minimum absolute atomic E-state index is 0.0417. The lowest BCUT2D eigenvalue weighted by Gasteiger charge is -2.15. The fourth-order valence-corrected chi connectivity index (χ4v) is 3.05. The molecule has 0 N–H and O–H groups in total. The summed E-state index contributed by atoms with van der Waals surface area (Å²) in [5.74, 6) is 0.246. The molecule has 1 saturated heterocycles. The molecule has 2 aromatic heterocycles. The van der Waals surface area contributed by atoms with Gasteiger partial charge in [0.1, 0.15) is 0 Å². The molecule has 2 aromatic rings. The molecule has 21 heavy (non-hydrogen) atoms. The van der Waals surface area contributed by atoms with Crippen molar-refractivity contribution >= 4 is 22.8 Å². The Labute approximate surface area is 125 Å². The van der Waals surface area contributed by atoms with Gasteiger partial charge in [-0.3, -0.25) is 9.36 Å². The van der Waals surface area contributed by atoms with Crippen molar-refractivity contribution in [3.05, 3.63) is 28.7 Å². The summed E-state index contributed by atoms with van der Waals surface area (Å²) in [6.45, 7) is 1.22. The van der Waals surface area contributed by atoms with Gasteiger partial charge in [-0.05, 0) is 25.0 Å². The van der Waals surface area contributed by atoms with E-state index < -0.39 is 0 Å². The lowest BCUT2D eigenvalue weighted by atomic mass is 10.2. The summed E-state index contributed by atoms with van der Waals surface area (Å²) < 4.78 is 7.22. The molecule has 0 aliphatic carbocycles. The molecule has 0 radical (unpaired) electrons. The van der Waals surface area contributed by atoms with Crippen LogP contribution in [0.15, 0.2) is 28.3 Å². The van der Waals surface area contributed by atoms with Crippen LogP contribution < -0.4 is 5.56 Å². The Balaban J connectivity index is 2.06. The maximum absolute atomic E-state index is 12.6. The highest BCUT2D eigenvalue weighted by molar-refractivity contribution is 7.99. The van der Waals surface area contributed by atoms with Crippen LogP contribution in [0.5, 0.6) is 0 Å². The van der Waals surface area contributed by atoms with Gasteiger partial charge in [0.25, 0.3) is 5.56 Å². The molecule has 7 heteroatoms. The van der Waals surface area contributed by atoms with Crippen LogP contribution in [0.25, 0.3) is 11.0 Å². The molecule has 1 aliphatic heterocycles. The molecule has 0 saturated carbocycles. The Morgan fingerprint density at radius 1 is 1.57 bits per heavy atom. The number of ether oxygens (including phenoxy) is 1. The summed E-state index contributed by atoms with van der Waals surface area (Å²) in [7, 11) is 0. The van der Waals surface area contributed by atoms with Crippen LogP contribution in [0.1, 0.15) is 12.8 Å². The minimum Gasteiger partial charge on any atom is -0.376 e. The molecule has 1 fully saturated rings. The average molecular weight is 302 g/mol. The number of thioether (sulfide) groups is 1. The van der Waals surface area contributed by atoms with Crippen LogP contribution in [0.4, 0.5) is 0 Å². The molecule has 1 aliphatic rings. The quantitative estimate of drug-likeness (QED) is 0.630. The van der Waals surface area contributed by atoms with Crippen molar-refractivity contribution in [3.63, 3.8) is 0 Å². The summed E-state index contributed by atoms with van der Waals surface area (Å²) in [5, 5.41) is 9.79. The minimum atomic E-state index is -0.121. The molecule has 6 nitrogen and oxygen atoms in total. The van der Waals surface area contributed by atoms with E-state index in [0.717, 1.165) is 19.4 Å². The second-order valence-electron chi connectivity index (χ2n) is 4.77. The summed E-state index contributed by atoms with van der Waals surface area (Å²) in [4.78, 5) is 21.2. The largest absolute Gasteiger partial charge is 0.376 e. The Bertz CT molecular complexity index is 747. The number of aromatic nitrogens is 3. The van der Waals surface area contributed by atoms with Crippen LogP contribution >= 0.6 is 11.8 Å². The first-order valence-electron chi connectivity index (χ1n) is 6.76. The zero-order valence-electron chi connectivity index (χ0n) is 11.4. The van der Waals surface area contributed by atoms with Crippen molar-refractivity contribution < 1.29 is 4.74 Å². The van der Waals surface area contributed by atoms with E-state index in [9.17, 15) is 4.79 Å². The van der Waals surface area contributed by atoms with Crippen LogP contribution in [0.3, 0.4) is 0 Å². The first-order chi connectivity index (χ1) is 10.3. The number of fused-ring (bicyclic) bond motifs is 1. The number of hydrogen-bond acceptors (Lipinski definition) is 6. The Morgan fingerprint density at radius 3 is 3.24 bits per heavy atom. The van der Waals surface area contributed by atoms with Crippen LogP contribution in [0, 0.1) is 11.3 Å². The van der Waals surface area contributed by atoms with E-state index in [1.165, 1.54) is 11.8 Å². The summed E-state index contributed by atoms with van der Waals surface area (Å²) >= 11 is 1.25. The monoisotopic (exact) mass is 302 g/mol. The molecule has 0 amide bonds. The maximum atomic E-state index is 12.6. The predicted molar refractivity (Wildman–Crippen MR) is 79.1 cm³/mol. The van der Waals surface area contributed by atoms with Gasteiger partial charge >= 0.3 is 0 Å². The van der Waals surface area contributed by atoms with Gasteiger partial charge in [-0.1, -0.05) is 11.8 Å². The van der Waals surface area contributed by atoms with Crippen molar-refractivity contribution in [3.8, 4) is 6.07 Å². The van der Waals surface area contributed by atoms with Crippen LogP contribution in [0.2, 0.25) is 0 Å². The summed E-state index contributed by atoms with van der Waals surface area (Å²) in [6.07, 6.45) is 3.61. The summed E-state index contributed by atoms with van der Waals surface area (Å²) in [5.41, 5.74) is 0.301. The van der Waals surface area contributed by atoms with E-state index in [4.69, 9.17) is 10.00 Å². The fraction of sp³-hybridized carbons (Fsp3) is 0.429. The Kier molecular flexibility index (Phi) is 4.18. The highest BCUT2D eigenvalue weighted by Crippen LogP contribution is 2.19. The zero-order valence-corrected chi connectivity index (χ0v) is 12.2. The number of nitriles is 1. The second-order valence-corrected chi connectivity index (χ2v) is 5.71. The van der Waals surface area contributed by atoms with Gasteiger partial charge in [-0.25, -0.2) is 9.97 Å². The number of rotatable bonds is 4. The van der Waals surface area contributed by atoms with Crippen LogP contribution in [-0.4, -0.2) is 33.0 Å². The molecule has 0 aromatic carbocycles.